The number of aliphatic hydroxyl groups is 2. The van der Waals surface area contributed by atoms with Gasteiger partial charge in [-0.05, 0) is 43.5 Å². The number of benzene rings is 1. The van der Waals surface area contributed by atoms with E-state index in [9.17, 15) is 10.2 Å². The van der Waals surface area contributed by atoms with Gasteiger partial charge in [-0.25, -0.2) is 0 Å². The van der Waals surface area contributed by atoms with Crippen molar-refractivity contribution in [2.24, 2.45) is 0 Å². The maximum atomic E-state index is 10.3. The molecule has 0 saturated heterocycles. The van der Waals surface area contributed by atoms with Crippen LogP contribution in [0.4, 0.5) is 0 Å². The van der Waals surface area contributed by atoms with Crippen molar-refractivity contribution in [3.8, 4) is 0 Å². The third kappa shape index (κ3) is 1.41. The van der Waals surface area contributed by atoms with Gasteiger partial charge >= 0.3 is 0 Å². The van der Waals surface area contributed by atoms with E-state index in [1.165, 1.54) is 0 Å². The molecule has 2 nitrogen and oxygen atoms in total. The van der Waals surface area contributed by atoms with Crippen LogP contribution in [0, 0.1) is 0 Å². The topological polar surface area (TPSA) is 40.5 Å². The molecule has 0 amide bonds. The van der Waals surface area contributed by atoms with Crippen LogP contribution in [-0.2, 0) is 11.2 Å². The zero-order valence-electron chi connectivity index (χ0n) is 9.28. The summed E-state index contributed by atoms with van der Waals surface area (Å²) in [7, 11) is 0. The lowest BCUT2D eigenvalue weighted by Gasteiger charge is -2.37. The van der Waals surface area contributed by atoms with Crippen molar-refractivity contribution >= 4 is 0 Å². The van der Waals surface area contributed by atoms with Crippen molar-refractivity contribution in [1.82, 2.24) is 0 Å². The summed E-state index contributed by atoms with van der Waals surface area (Å²) >= 11 is 0. The molecule has 0 aromatic heterocycles. The van der Waals surface area contributed by atoms with E-state index in [4.69, 9.17) is 0 Å². The quantitative estimate of drug-likeness (QED) is 0.635. The van der Waals surface area contributed by atoms with Gasteiger partial charge in [0.2, 0.25) is 0 Å². The SMILES string of the molecule is CC1=CC(C)(O)c2ccccc2C1(C)O. The Labute approximate surface area is 89.9 Å². The van der Waals surface area contributed by atoms with E-state index in [1.54, 1.807) is 19.9 Å². The van der Waals surface area contributed by atoms with Crippen molar-refractivity contribution in [1.29, 1.82) is 0 Å². The molecular formula is C13H16O2. The first-order valence-electron chi connectivity index (χ1n) is 5.10. The maximum absolute atomic E-state index is 10.3. The van der Waals surface area contributed by atoms with Crippen molar-refractivity contribution in [3.05, 3.63) is 47.0 Å². The van der Waals surface area contributed by atoms with Crippen molar-refractivity contribution in [2.75, 3.05) is 0 Å². The average Bonchev–Trinajstić information content (AvgIpc) is 2.15. The molecule has 1 aliphatic carbocycles. The molecule has 0 saturated carbocycles. The number of rotatable bonds is 0. The van der Waals surface area contributed by atoms with Crippen LogP contribution in [0.5, 0.6) is 0 Å². The van der Waals surface area contributed by atoms with Crippen molar-refractivity contribution < 1.29 is 10.2 Å². The fourth-order valence-electron chi connectivity index (χ4n) is 2.20. The van der Waals surface area contributed by atoms with Gasteiger partial charge in [-0.15, -0.1) is 0 Å². The van der Waals surface area contributed by atoms with Crippen LogP contribution in [0.15, 0.2) is 35.9 Å². The third-order valence-electron chi connectivity index (χ3n) is 3.26. The molecule has 2 heteroatoms. The molecule has 1 aliphatic rings. The molecule has 2 N–H and O–H groups in total. The summed E-state index contributed by atoms with van der Waals surface area (Å²) in [6, 6.07) is 7.47. The zero-order valence-corrected chi connectivity index (χ0v) is 9.28. The zero-order chi connectivity index (χ0) is 11.3. The summed E-state index contributed by atoms with van der Waals surface area (Å²) < 4.78 is 0. The second-order valence-electron chi connectivity index (χ2n) is 4.59. The summed E-state index contributed by atoms with van der Waals surface area (Å²) in [5.74, 6) is 0. The smallest absolute Gasteiger partial charge is 0.108 e. The highest BCUT2D eigenvalue weighted by Crippen LogP contribution is 2.42. The van der Waals surface area contributed by atoms with Gasteiger partial charge in [0.05, 0.1) is 0 Å². The summed E-state index contributed by atoms with van der Waals surface area (Å²) in [4.78, 5) is 0. The Morgan fingerprint density at radius 1 is 1.00 bits per heavy atom. The molecule has 1 aromatic rings. The van der Waals surface area contributed by atoms with Crippen molar-refractivity contribution in [3.63, 3.8) is 0 Å². The Morgan fingerprint density at radius 2 is 1.53 bits per heavy atom. The van der Waals surface area contributed by atoms with Gasteiger partial charge in [-0.3, -0.25) is 0 Å². The number of hydrogen-bond acceptors (Lipinski definition) is 2. The lowest BCUT2D eigenvalue weighted by molar-refractivity contribution is 0.0565. The molecule has 0 radical (unpaired) electrons. The Kier molecular flexibility index (Phi) is 2.04. The predicted molar refractivity (Wildman–Crippen MR) is 59.3 cm³/mol. The van der Waals surface area contributed by atoms with Crippen LogP contribution in [0.25, 0.3) is 0 Å². The molecule has 2 rings (SSSR count). The minimum atomic E-state index is -0.983. The molecule has 0 bridgehead atoms. The minimum Gasteiger partial charge on any atom is -0.381 e. The second-order valence-corrected chi connectivity index (χ2v) is 4.59. The van der Waals surface area contributed by atoms with E-state index in [2.05, 4.69) is 0 Å². The number of hydrogen-bond donors (Lipinski definition) is 2. The van der Waals surface area contributed by atoms with Crippen LogP contribution in [-0.4, -0.2) is 10.2 Å². The molecule has 0 spiro atoms. The number of fused-ring (bicyclic) bond motifs is 1. The van der Waals surface area contributed by atoms with Gasteiger partial charge < -0.3 is 10.2 Å². The maximum Gasteiger partial charge on any atom is 0.108 e. The molecule has 80 valence electrons. The molecule has 0 fully saturated rings. The summed E-state index contributed by atoms with van der Waals surface area (Å²) in [5, 5.41) is 20.6. The summed E-state index contributed by atoms with van der Waals surface area (Å²) in [6.07, 6.45) is 1.72. The van der Waals surface area contributed by atoms with E-state index in [0.29, 0.717) is 0 Å². The highest BCUT2D eigenvalue weighted by molar-refractivity contribution is 5.47. The monoisotopic (exact) mass is 204 g/mol. The molecule has 15 heavy (non-hydrogen) atoms. The molecule has 0 heterocycles. The van der Waals surface area contributed by atoms with Gasteiger partial charge in [0.25, 0.3) is 0 Å². The summed E-state index contributed by atoms with van der Waals surface area (Å²) in [5.41, 5.74) is 0.392. The lowest BCUT2D eigenvalue weighted by Crippen LogP contribution is -2.35. The summed E-state index contributed by atoms with van der Waals surface area (Å²) in [6.45, 7) is 5.34. The van der Waals surface area contributed by atoms with Gasteiger partial charge in [0.15, 0.2) is 0 Å². The highest BCUT2D eigenvalue weighted by Gasteiger charge is 2.38. The first kappa shape index (κ1) is 10.4. The Hall–Kier alpha value is -1.12. The largest absolute Gasteiger partial charge is 0.381 e. The van der Waals surface area contributed by atoms with Crippen molar-refractivity contribution in [2.45, 2.75) is 32.0 Å². The molecular weight excluding hydrogens is 188 g/mol. The second kappa shape index (κ2) is 2.94. The van der Waals surface area contributed by atoms with E-state index in [1.807, 2.05) is 31.2 Å². The van der Waals surface area contributed by atoms with Gasteiger partial charge in [-0.2, -0.15) is 0 Å². The molecule has 1 aromatic carbocycles. The van der Waals surface area contributed by atoms with Gasteiger partial charge in [0.1, 0.15) is 11.2 Å². The highest BCUT2D eigenvalue weighted by atomic mass is 16.3. The predicted octanol–water partition coefficient (Wildman–Crippen LogP) is 2.06. The molecule has 2 atom stereocenters. The third-order valence-corrected chi connectivity index (χ3v) is 3.26. The Balaban J connectivity index is 2.73. The van der Waals surface area contributed by atoms with Crippen LogP contribution < -0.4 is 0 Å². The van der Waals surface area contributed by atoms with E-state index < -0.39 is 11.2 Å². The fourth-order valence-corrected chi connectivity index (χ4v) is 2.20. The van der Waals surface area contributed by atoms with Crippen LogP contribution in [0.3, 0.4) is 0 Å². The molecule has 2 unspecified atom stereocenters. The van der Waals surface area contributed by atoms with Crippen LogP contribution >= 0.6 is 0 Å². The average molecular weight is 204 g/mol. The Bertz CT molecular complexity index is 428. The normalized spacial score (nSPS) is 34.6. The molecule has 0 aliphatic heterocycles. The Morgan fingerprint density at radius 3 is 2.13 bits per heavy atom. The van der Waals surface area contributed by atoms with E-state index in [-0.39, 0.29) is 0 Å². The van der Waals surface area contributed by atoms with E-state index in [0.717, 1.165) is 16.7 Å². The van der Waals surface area contributed by atoms with E-state index >= 15 is 0 Å². The van der Waals surface area contributed by atoms with Gasteiger partial charge in [-0.1, -0.05) is 24.3 Å². The fraction of sp³-hybridized carbons (Fsp3) is 0.385. The standard InChI is InChI=1S/C13H16O2/c1-9-8-12(2,14)10-6-4-5-7-11(10)13(9,3)15/h4-8,14-15H,1-3H3. The minimum absolute atomic E-state index is 0.778. The van der Waals surface area contributed by atoms with Gasteiger partial charge in [0, 0.05) is 0 Å². The van der Waals surface area contributed by atoms with Crippen LogP contribution in [0.2, 0.25) is 0 Å². The first-order valence-corrected chi connectivity index (χ1v) is 5.10. The lowest BCUT2D eigenvalue weighted by atomic mass is 9.74. The van der Waals surface area contributed by atoms with Crippen LogP contribution in [0.1, 0.15) is 31.9 Å². The first-order chi connectivity index (χ1) is 6.86.